The molecule has 0 bridgehead atoms. The van der Waals surface area contributed by atoms with E-state index >= 15 is 0 Å². The Balaban J connectivity index is 4.10. The van der Waals surface area contributed by atoms with Crippen LogP contribution in [-0.2, 0) is 0 Å². The Bertz CT molecular complexity index is 118. The van der Waals surface area contributed by atoms with Crippen LogP contribution in [0.3, 0.4) is 0 Å². The smallest absolute Gasteiger partial charge is 0.00975 e. The van der Waals surface area contributed by atoms with Crippen molar-refractivity contribution in [2.24, 2.45) is 11.8 Å². The second kappa shape index (κ2) is 8.28. The Hall–Kier alpha value is -0.0400. The van der Waals surface area contributed by atoms with Gasteiger partial charge in [0.05, 0.1) is 0 Å². The molecule has 0 aromatic carbocycles. The molecular formula is C13H29N. The van der Waals surface area contributed by atoms with Gasteiger partial charge in [-0.1, -0.05) is 53.9 Å². The average molecular weight is 199 g/mol. The number of hydrogen-bond donors (Lipinski definition) is 1. The summed E-state index contributed by atoms with van der Waals surface area (Å²) < 4.78 is 0. The van der Waals surface area contributed by atoms with Crippen LogP contribution in [0, 0.1) is 11.8 Å². The van der Waals surface area contributed by atoms with Crippen molar-refractivity contribution in [1.29, 1.82) is 0 Å². The lowest BCUT2D eigenvalue weighted by atomic mass is 9.87. The van der Waals surface area contributed by atoms with E-state index in [9.17, 15) is 0 Å². The highest BCUT2D eigenvalue weighted by atomic mass is 14.9. The fourth-order valence-corrected chi connectivity index (χ4v) is 2.16. The van der Waals surface area contributed by atoms with Gasteiger partial charge in [0, 0.05) is 6.04 Å². The van der Waals surface area contributed by atoms with Gasteiger partial charge in [-0.05, 0) is 24.8 Å². The monoisotopic (exact) mass is 199 g/mol. The van der Waals surface area contributed by atoms with Crippen molar-refractivity contribution in [1.82, 2.24) is 5.32 Å². The zero-order chi connectivity index (χ0) is 11.0. The van der Waals surface area contributed by atoms with E-state index in [1.807, 2.05) is 0 Å². The molecule has 0 aliphatic rings. The molecule has 0 saturated carbocycles. The van der Waals surface area contributed by atoms with E-state index in [1.165, 1.54) is 25.7 Å². The Morgan fingerprint density at radius 1 is 0.929 bits per heavy atom. The zero-order valence-electron chi connectivity index (χ0n) is 10.8. The van der Waals surface area contributed by atoms with E-state index in [0.29, 0.717) is 0 Å². The summed E-state index contributed by atoms with van der Waals surface area (Å²) in [5, 5.41) is 3.65. The molecule has 0 aliphatic carbocycles. The van der Waals surface area contributed by atoms with Gasteiger partial charge in [-0.15, -0.1) is 0 Å². The Morgan fingerprint density at radius 2 is 1.50 bits per heavy atom. The topological polar surface area (TPSA) is 12.0 Å². The third-order valence-corrected chi connectivity index (χ3v) is 3.44. The molecule has 2 atom stereocenters. The molecule has 0 rings (SSSR count). The summed E-state index contributed by atoms with van der Waals surface area (Å²) in [5.41, 5.74) is 0. The average Bonchev–Trinajstić information content (AvgIpc) is 2.19. The first-order chi connectivity index (χ1) is 6.69. The number of hydrogen-bond acceptors (Lipinski definition) is 1. The molecule has 0 heterocycles. The molecule has 2 unspecified atom stereocenters. The molecule has 86 valence electrons. The molecule has 0 amide bonds. The maximum atomic E-state index is 3.65. The van der Waals surface area contributed by atoms with E-state index in [-0.39, 0.29) is 0 Å². The van der Waals surface area contributed by atoms with Gasteiger partial charge in [0.2, 0.25) is 0 Å². The summed E-state index contributed by atoms with van der Waals surface area (Å²) in [4.78, 5) is 0. The lowest BCUT2D eigenvalue weighted by Crippen LogP contribution is -2.37. The normalized spacial score (nSPS) is 15.9. The number of rotatable bonds is 8. The molecule has 0 aromatic heterocycles. The van der Waals surface area contributed by atoms with Crippen LogP contribution >= 0.6 is 0 Å². The summed E-state index contributed by atoms with van der Waals surface area (Å²) in [6.45, 7) is 12.6. The summed E-state index contributed by atoms with van der Waals surface area (Å²) in [7, 11) is 0. The minimum atomic E-state index is 0.741. The molecule has 14 heavy (non-hydrogen) atoms. The first-order valence-corrected chi connectivity index (χ1v) is 6.42. The van der Waals surface area contributed by atoms with Crippen LogP contribution in [0.15, 0.2) is 0 Å². The molecule has 0 spiro atoms. The third kappa shape index (κ3) is 4.99. The van der Waals surface area contributed by atoms with Gasteiger partial charge in [-0.3, -0.25) is 0 Å². The summed E-state index contributed by atoms with van der Waals surface area (Å²) in [6, 6.07) is 0.741. The van der Waals surface area contributed by atoms with Crippen molar-refractivity contribution in [3.8, 4) is 0 Å². The van der Waals surface area contributed by atoms with Crippen molar-refractivity contribution >= 4 is 0 Å². The van der Waals surface area contributed by atoms with Crippen molar-refractivity contribution in [3.05, 3.63) is 0 Å². The zero-order valence-corrected chi connectivity index (χ0v) is 10.8. The van der Waals surface area contributed by atoms with Gasteiger partial charge in [-0.2, -0.15) is 0 Å². The summed E-state index contributed by atoms with van der Waals surface area (Å²) in [5.74, 6) is 1.73. The van der Waals surface area contributed by atoms with Crippen LogP contribution in [0.4, 0.5) is 0 Å². The van der Waals surface area contributed by atoms with Gasteiger partial charge in [0.25, 0.3) is 0 Å². The molecule has 0 radical (unpaired) electrons. The fourth-order valence-electron chi connectivity index (χ4n) is 2.16. The Morgan fingerprint density at radius 3 is 1.86 bits per heavy atom. The predicted molar refractivity (Wildman–Crippen MR) is 65.6 cm³/mol. The SMILES string of the molecule is CCNC(CC(C)CC)C(CC)CC. The highest BCUT2D eigenvalue weighted by Gasteiger charge is 2.18. The highest BCUT2D eigenvalue weighted by molar-refractivity contribution is 4.76. The van der Waals surface area contributed by atoms with Crippen molar-refractivity contribution < 1.29 is 0 Å². The van der Waals surface area contributed by atoms with Crippen LogP contribution in [-0.4, -0.2) is 12.6 Å². The maximum absolute atomic E-state index is 3.65. The second-order valence-corrected chi connectivity index (χ2v) is 4.49. The van der Waals surface area contributed by atoms with Gasteiger partial charge < -0.3 is 5.32 Å². The summed E-state index contributed by atoms with van der Waals surface area (Å²) in [6.07, 6.45) is 5.27. The minimum Gasteiger partial charge on any atom is -0.314 e. The van der Waals surface area contributed by atoms with Crippen LogP contribution in [0.2, 0.25) is 0 Å². The molecular weight excluding hydrogens is 170 g/mol. The molecule has 0 saturated heterocycles. The quantitative estimate of drug-likeness (QED) is 0.626. The van der Waals surface area contributed by atoms with Crippen LogP contribution in [0.25, 0.3) is 0 Å². The van der Waals surface area contributed by atoms with E-state index in [2.05, 4.69) is 39.9 Å². The Labute approximate surface area is 90.7 Å². The lowest BCUT2D eigenvalue weighted by molar-refractivity contribution is 0.285. The molecule has 0 fully saturated rings. The van der Waals surface area contributed by atoms with Crippen molar-refractivity contribution in [2.45, 2.75) is 66.3 Å². The van der Waals surface area contributed by atoms with E-state index < -0.39 is 0 Å². The first kappa shape index (κ1) is 14.0. The van der Waals surface area contributed by atoms with Gasteiger partial charge in [-0.25, -0.2) is 0 Å². The van der Waals surface area contributed by atoms with E-state index in [1.54, 1.807) is 0 Å². The van der Waals surface area contributed by atoms with Crippen molar-refractivity contribution in [3.63, 3.8) is 0 Å². The van der Waals surface area contributed by atoms with Crippen LogP contribution < -0.4 is 5.32 Å². The standard InChI is InChI=1S/C13H29N/c1-6-11(5)10-13(14-9-4)12(7-2)8-3/h11-14H,6-10H2,1-5H3. The largest absolute Gasteiger partial charge is 0.314 e. The van der Waals surface area contributed by atoms with E-state index in [4.69, 9.17) is 0 Å². The van der Waals surface area contributed by atoms with Crippen molar-refractivity contribution in [2.75, 3.05) is 6.54 Å². The molecule has 1 heteroatoms. The fraction of sp³-hybridized carbons (Fsp3) is 1.00. The minimum absolute atomic E-state index is 0.741. The van der Waals surface area contributed by atoms with E-state index in [0.717, 1.165) is 24.4 Å². The maximum Gasteiger partial charge on any atom is 0.00975 e. The second-order valence-electron chi connectivity index (χ2n) is 4.49. The third-order valence-electron chi connectivity index (χ3n) is 3.44. The molecule has 0 aliphatic heterocycles. The summed E-state index contributed by atoms with van der Waals surface area (Å²) >= 11 is 0. The van der Waals surface area contributed by atoms with Gasteiger partial charge >= 0.3 is 0 Å². The van der Waals surface area contributed by atoms with Crippen LogP contribution in [0.1, 0.15) is 60.3 Å². The first-order valence-electron chi connectivity index (χ1n) is 6.42. The highest BCUT2D eigenvalue weighted by Crippen LogP contribution is 2.20. The lowest BCUT2D eigenvalue weighted by Gasteiger charge is -2.28. The van der Waals surface area contributed by atoms with Crippen LogP contribution in [0.5, 0.6) is 0 Å². The van der Waals surface area contributed by atoms with Gasteiger partial charge in [0.1, 0.15) is 0 Å². The predicted octanol–water partition coefficient (Wildman–Crippen LogP) is 3.84. The molecule has 1 N–H and O–H groups in total. The molecule has 1 nitrogen and oxygen atoms in total. The Kier molecular flexibility index (Phi) is 8.26. The molecule has 0 aromatic rings. The van der Waals surface area contributed by atoms with Gasteiger partial charge in [0.15, 0.2) is 0 Å². The number of nitrogens with one attached hydrogen (secondary N) is 1.